The van der Waals surface area contributed by atoms with Crippen LogP contribution in [0.3, 0.4) is 0 Å². The van der Waals surface area contributed by atoms with E-state index in [1.165, 1.54) is 5.56 Å². The van der Waals surface area contributed by atoms with Gasteiger partial charge in [-0.1, -0.05) is 12.1 Å². The molecule has 6 heteroatoms. The van der Waals surface area contributed by atoms with Crippen molar-refractivity contribution in [1.29, 1.82) is 0 Å². The van der Waals surface area contributed by atoms with Gasteiger partial charge < -0.3 is 14.7 Å². The number of methoxy groups -OCH3 is 1. The van der Waals surface area contributed by atoms with Gasteiger partial charge in [-0.3, -0.25) is 9.69 Å². The molecule has 5 nitrogen and oxygen atoms in total. The van der Waals surface area contributed by atoms with Crippen molar-refractivity contribution in [2.75, 3.05) is 40.3 Å². The topological polar surface area (TPSA) is 53.0 Å². The van der Waals surface area contributed by atoms with Crippen LogP contribution in [0, 0.1) is 0 Å². The number of carboxylic acids is 1. The number of hydrogen-bond donors (Lipinski definition) is 1. The van der Waals surface area contributed by atoms with Gasteiger partial charge in [-0.05, 0) is 70.1 Å². The molecule has 2 rings (SSSR count). The number of hydrogen-bond acceptors (Lipinski definition) is 4. The van der Waals surface area contributed by atoms with Gasteiger partial charge in [0.2, 0.25) is 0 Å². The minimum absolute atomic E-state index is 0. The maximum atomic E-state index is 10.8. The Kier molecular flexibility index (Phi) is 9.11. The van der Waals surface area contributed by atoms with Gasteiger partial charge in [0.1, 0.15) is 5.75 Å². The third-order valence-electron chi connectivity index (χ3n) is 4.64. The molecule has 1 N–H and O–H groups in total. The van der Waals surface area contributed by atoms with E-state index in [4.69, 9.17) is 9.84 Å². The Hall–Kier alpha value is -1.30. The number of ether oxygens (including phenoxy) is 1. The van der Waals surface area contributed by atoms with Crippen molar-refractivity contribution in [3.8, 4) is 5.75 Å². The number of aliphatic carboxylic acids is 1. The maximum absolute atomic E-state index is 10.8. The fourth-order valence-corrected chi connectivity index (χ4v) is 3.26. The van der Waals surface area contributed by atoms with E-state index in [0.717, 1.165) is 51.1 Å². The monoisotopic (exact) mass is 356 g/mol. The van der Waals surface area contributed by atoms with Crippen LogP contribution in [0.15, 0.2) is 24.3 Å². The molecule has 1 fully saturated rings. The summed E-state index contributed by atoms with van der Waals surface area (Å²) in [6.45, 7) is 3.37. The second-order valence-electron chi connectivity index (χ2n) is 6.34. The quantitative estimate of drug-likeness (QED) is 0.775. The van der Waals surface area contributed by atoms with Crippen LogP contribution >= 0.6 is 12.4 Å². The number of likely N-dealkylation sites (N-methyl/N-ethyl adjacent to an activating group) is 1. The lowest BCUT2D eigenvalue weighted by molar-refractivity contribution is -0.138. The second-order valence-corrected chi connectivity index (χ2v) is 6.34. The highest BCUT2D eigenvalue weighted by Crippen LogP contribution is 2.17. The number of likely N-dealkylation sites (tertiary alicyclic amines) is 1. The number of piperidine rings is 1. The van der Waals surface area contributed by atoms with Gasteiger partial charge in [-0.2, -0.15) is 0 Å². The molecule has 0 aromatic heterocycles. The number of carbonyl (C=O) groups is 1. The van der Waals surface area contributed by atoms with Crippen LogP contribution in [0.25, 0.3) is 0 Å². The van der Waals surface area contributed by atoms with Gasteiger partial charge in [-0.25, -0.2) is 0 Å². The van der Waals surface area contributed by atoms with Crippen molar-refractivity contribution in [2.45, 2.75) is 31.7 Å². The van der Waals surface area contributed by atoms with E-state index in [9.17, 15) is 4.79 Å². The number of benzene rings is 1. The highest BCUT2D eigenvalue weighted by atomic mass is 35.5. The van der Waals surface area contributed by atoms with Crippen molar-refractivity contribution in [3.05, 3.63) is 29.8 Å². The number of rotatable bonds is 8. The Bertz CT molecular complexity index is 505. The third kappa shape index (κ3) is 6.67. The summed E-state index contributed by atoms with van der Waals surface area (Å²) in [5.74, 6) is 0.179. The zero-order chi connectivity index (χ0) is 16.7. The van der Waals surface area contributed by atoms with Crippen molar-refractivity contribution >= 4 is 18.4 Å². The van der Waals surface area contributed by atoms with Gasteiger partial charge in [0, 0.05) is 6.04 Å². The van der Waals surface area contributed by atoms with Crippen LogP contribution < -0.4 is 4.74 Å². The van der Waals surface area contributed by atoms with Crippen LogP contribution in [0.1, 0.15) is 24.8 Å². The molecule has 1 aliphatic rings. The molecule has 0 amide bonds. The zero-order valence-corrected chi connectivity index (χ0v) is 15.4. The predicted octanol–water partition coefficient (Wildman–Crippen LogP) is 2.53. The summed E-state index contributed by atoms with van der Waals surface area (Å²) in [4.78, 5) is 15.2. The Morgan fingerprint density at radius 2 is 2.08 bits per heavy atom. The Morgan fingerprint density at radius 3 is 2.71 bits per heavy atom. The first-order valence-electron chi connectivity index (χ1n) is 8.36. The van der Waals surface area contributed by atoms with Gasteiger partial charge in [0.15, 0.2) is 0 Å². The Balaban J connectivity index is 0.00000288. The molecule has 0 bridgehead atoms. The van der Waals surface area contributed by atoms with Gasteiger partial charge in [0.25, 0.3) is 0 Å². The van der Waals surface area contributed by atoms with Gasteiger partial charge in [-0.15, -0.1) is 12.4 Å². The molecule has 0 saturated carbocycles. The average molecular weight is 357 g/mol. The molecule has 0 atom stereocenters. The summed E-state index contributed by atoms with van der Waals surface area (Å²) < 4.78 is 5.26. The van der Waals surface area contributed by atoms with E-state index >= 15 is 0 Å². The minimum atomic E-state index is -0.742. The third-order valence-corrected chi connectivity index (χ3v) is 4.64. The van der Waals surface area contributed by atoms with Crippen LogP contribution in [0.4, 0.5) is 0 Å². The molecular formula is C18H29ClN2O3. The zero-order valence-electron chi connectivity index (χ0n) is 14.6. The smallest absolute Gasteiger partial charge is 0.317 e. The number of aryl methyl sites for hydroxylation is 1. The summed E-state index contributed by atoms with van der Waals surface area (Å²) in [6, 6.07) is 8.67. The summed E-state index contributed by atoms with van der Waals surface area (Å²) in [7, 11) is 3.61. The molecule has 136 valence electrons. The Morgan fingerprint density at radius 1 is 1.38 bits per heavy atom. The van der Waals surface area contributed by atoms with Crippen molar-refractivity contribution in [1.82, 2.24) is 9.80 Å². The standard InChI is InChI=1S/C18H28N2O3.ClH/c1-19(14-18(21)22)16-8-11-20(12-9-16)10-4-6-15-5-3-7-17(13-15)23-2;/h3,5,7,13,16H,4,6,8-12,14H2,1-2H3,(H,21,22);1H. The molecule has 1 saturated heterocycles. The summed E-state index contributed by atoms with van der Waals surface area (Å²) in [5, 5.41) is 8.87. The van der Waals surface area contributed by atoms with Crippen LogP contribution in [0.5, 0.6) is 5.75 Å². The summed E-state index contributed by atoms with van der Waals surface area (Å²) in [5.41, 5.74) is 1.32. The normalized spacial score (nSPS) is 16.0. The molecule has 1 aromatic rings. The van der Waals surface area contributed by atoms with E-state index in [1.54, 1.807) is 7.11 Å². The highest BCUT2D eigenvalue weighted by Gasteiger charge is 2.23. The van der Waals surface area contributed by atoms with Crippen molar-refractivity contribution < 1.29 is 14.6 Å². The SMILES string of the molecule is COc1cccc(CCCN2CCC(N(C)CC(=O)O)CC2)c1.Cl. The van der Waals surface area contributed by atoms with Crippen molar-refractivity contribution in [2.24, 2.45) is 0 Å². The molecular weight excluding hydrogens is 328 g/mol. The molecule has 1 aliphatic heterocycles. The fourth-order valence-electron chi connectivity index (χ4n) is 3.26. The van der Waals surface area contributed by atoms with E-state index in [-0.39, 0.29) is 19.0 Å². The summed E-state index contributed by atoms with van der Waals surface area (Å²) >= 11 is 0. The molecule has 0 spiro atoms. The van der Waals surface area contributed by atoms with Crippen molar-refractivity contribution in [3.63, 3.8) is 0 Å². The van der Waals surface area contributed by atoms with E-state index in [2.05, 4.69) is 17.0 Å². The first kappa shape index (κ1) is 20.7. The van der Waals surface area contributed by atoms with Gasteiger partial charge >= 0.3 is 5.97 Å². The minimum Gasteiger partial charge on any atom is -0.497 e. The maximum Gasteiger partial charge on any atom is 0.317 e. The molecule has 1 heterocycles. The van der Waals surface area contributed by atoms with E-state index in [0.29, 0.717) is 6.04 Å². The first-order chi connectivity index (χ1) is 11.1. The first-order valence-corrected chi connectivity index (χ1v) is 8.36. The number of carboxylic acid groups (broad SMARTS) is 1. The molecule has 0 aliphatic carbocycles. The molecule has 0 radical (unpaired) electrons. The lowest BCUT2D eigenvalue weighted by atomic mass is 10.0. The lowest BCUT2D eigenvalue weighted by Crippen LogP contribution is -2.45. The second kappa shape index (κ2) is 10.5. The van der Waals surface area contributed by atoms with E-state index in [1.807, 2.05) is 24.1 Å². The largest absolute Gasteiger partial charge is 0.497 e. The lowest BCUT2D eigenvalue weighted by Gasteiger charge is -2.36. The molecule has 0 unspecified atom stereocenters. The average Bonchev–Trinajstić information content (AvgIpc) is 2.55. The predicted molar refractivity (Wildman–Crippen MR) is 98.3 cm³/mol. The molecule has 1 aromatic carbocycles. The van der Waals surface area contributed by atoms with Crippen LogP contribution in [0.2, 0.25) is 0 Å². The highest BCUT2D eigenvalue weighted by molar-refractivity contribution is 5.85. The fraction of sp³-hybridized carbons (Fsp3) is 0.611. The van der Waals surface area contributed by atoms with Crippen LogP contribution in [-0.4, -0.2) is 67.3 Å². The van der Waals surface area contributed by atoms with Gasteiger partial charge in [0.05, 0.1) is 13.7 Å². The summed E-state index contributed by atoms with van der Waals surface area (Å²) in [6.07, 6.45) is 4.32. The molecule has 24 heavy (non-hydrogen) atoms. The van der Waals surface area contributed by atoms with Crippen LogP contribution in [-0.2, 0) is 11.2 Å². The van der Waals surface area contributed by atoms with E-state index < -0.39 is 5.97 Å². The number of nitrogens with zero attached hydrogens (tertiary/aromatic N) is 2. The Labute approximate surface area is 151 Å². The number of halogens is 1.